The third-order valence-electron chi connectivity index (χ3n) is 5.63. The monoisotopic (exact) mass is 458 g/mol. The molecule has 1 amide bonds. The number of amides is 1. The molecule has 0 radical (unpaired) electrons. The minimum atomic E-state index is -0.262. The van der Waals surface area contributed by atoms with Gasteiger partial charge >= 0.3 is 0 Å². The first-order chi connectivity index (χ1) is 16.5. The first-order valence-corrected chi connectivity index (χ1v) is 11.0. The number of methoxy groups -OCH3 is 2. The molecule has 4 aromatic rings. The Morgan fingerprint density at radius 3 is 2.56 bits per heavy atom. The Bertz CT molecular complexity index is 1370. The van der Waals surface area contributed by atoms with Crippen molar-refractivity contribution < 1.29 is 23.8 Å². The fourth-order valence-electron chi connectivity index (χ4n) is 3.93. The molecule has 1 heterocycles. The number of rotatable bonds is 9. The quantitative estimate of drug-likeness (QED) is 0.275. The molecule has 174 valence electrons. The van der Waals surface area contributed by atoms with E-state index in [-0.39, 0.29) is 11.7 Å². The molecular formula is C27H26N2O5. The largest absolute Gasteiger partial charge is 0.496 e. The predicted octanol–water partition coefficient (Wildman–Crippen LogP) is 5.16. The number of carbonyl (C=O) groups excluding carboxylic acids is 2. The maximum absolute atomic E-state index is 12.7. The van der Waals surface area contributed by atoms with Crippen LogP contribution in [0.2, 0.25) is 0 Å². The maximum atomic E-state index is 12.7. The molecule has 0 aliphatic rings. The topological polar surface area (TPSA) is 86.8 Å². The smallest absolute Gasteiger partial charge is 0.254 e. The van der Waals surface area contributed by atoms with Crippen molar-refractivity contribution in [3.63, 3.8) is 0 Å². The van der Waals surface area contributed by atoms with Crippen LogP contribution in [0.1, 0.15) is 33.6 Å². The molecule has 0 aliphatic carbocycles. The van der Waals surface area contributed by atoms with E-state index in [0.29, 0.717) is 58.7 Å². The highest BCUT2D eigenvalue weighted by Crippen LogP contribution is 2.34. The van der Waals surface area contributed by atoms with Crippen LogP contribution in [-0.2, 0) is 4.74 Å². The SMILES string of the molecule is CNC(=O)c1cc2c(Oc3ccc4c(C(=O)CCCOC)cccc4c3)ccnc2cc1OC. The Balaban J connectivity index is 1.69. The summed E-state index contributed by atoms with van der Waals surface area (Å²) in [7, 11) is 4.71. The van der Waals surface area contributed by atoms with Gasteiger partial charge < -0.3 is 19.5 Å². The molecular weight excluding hydrogens is 432 g/mol. The van der Waals surface area contributed by atoms with Crippen LogP contribution in [-0.4, -0.2) is 44.5 Å². The van der Waals surface area contributed by atoms with Crippen LogP contribution in [0.25, 0.3) is 21.7 Å². The van der Waals surface area contributed by atoms with Crippen molar-refractivity contribution in [1.29, 1.82) is 0 Å². The van der Waals surface area contributed by atoms with Crippen LogP contribution < -0.4 is 14.8 Å². The second-order valence-corrected chi connectivity index (χ2v) is 7.77. The second-order valence-electron chi connectivity index (χ2n) is 7.77. The second kappa shape index (κ2) is 10.3. The van der Waals surface area contributed by atoms with Crippen molar-refractivity contribution in [1.82, 2.24) is 10.3 Å². The average molecular weight is 459 g/mol. The Morgan fingerprint density at radius 1 is 0.941 bits per heavy atom. The Labute approximate surface area is 197 Å². The molecule has 0 unspecified atom stereocenters. The zero-order valence-electron chi connectivity index (χ0n) is 19.4. The zero-order valence-corrected chi connectivity index (χ0v) is 19.4. The number of ether oxygens (including phenoxy) is 3. The standard InChI is InChI=1S/C27H26N2O5/c1-28-27(31)22-15-21-23(16-26(22)33-3)29-12-11-25(21)34-18-9-10-19-17(14-18)6-4-7-20(19)24(30)8-5-13-32-2/h4,6-7,9-12,14-16H,5,8,13H2,1-3H3,(H,28,31). The van der Waals surface area contributed by atoms with Crippen molar-refractivity contribution in [2.24, 2.45) is 0 Å². The number of hydrogen-bond acceptors (Lipinski definition) is 6. The van der Waals surface area contributed by atoms with E-state index in [1.807, 2.05) is 36.4 Å². The molecule has 4 rings (SSSR count). The van der Waals surface area contributed by atoms with Gasteiger partial charge in [-0.05, 0) is 47.5 Å². The number of Topliss-reactive ketones (excluding diaryl/α,β-unsaturated/α-hetero) is 1. The van der Waals surface area contributed by atoms with E-state index in [9.17, 15) is 9.59 Å². The fourth-order valence-corrected chi connectivity index (χ4v) is 3.93. The summed E-state index contributed by atoms with van der Waals surface area (Å²) in [5, 5.41) is 5.09. The van der Waals surface area contributed by atoms with Crippen LogP contribution in [0.4, 0.5) is 0 Å². The lowest BCUT2D eigenvalue weighted by Gasteiger charge is -2.13. The minimum absolute atomic E-state index is 0.0899. The molecule has 0 saturated carbocycles. The summed E-state index contributed by atoms with van der Waals surface area (Å²) in [6.07, 6.45) is 2.77. The van der Waals surface area contributed by atoms with Gasteiger partial charge in [-0.3, -0.25) is 14.6 Å². The number of hydrogen-bond donors (Lipinski definition) is 1. The van der Waals surface area contributed by atoms with Gasteiger partial charge in [0.05, 0.1) is 18.2 Å². The molecule has 0 aliphatic heterocycles. The summed E-state index contributed by atoms with van der Waals surface area (Å²) in [6.45, 7) is 0.557. The Hall–Kier alpha value is -3.97. The van der Waals surface area contributed by atoms with Crippen molar-refractivity contribution in [3.05, 3.63) is 71.9 Å². The summed E-state index contributed by atoms with van der Waals surface area (Å²) in [6, 6.07) is 16.5. The summed E-state index contributed by atoms with van der Waals surface area (Å²) >= 11 is 0. The number of ketones is 1. The molecule has 7 nitrogen and oxygen atoms in total. The molecule has 1 aromatic heterocycles. The average Bonchev–Trinajstić information content (AvgIpc) is 2.87. The van der Waals surface area contributed by atoms with Gasteiger partial charge in [-0.2, -0.15) is 0 Å². The zero-order chi connectivity index (χ0) is 24.1. The van der Waals surface area contributed by atoms with Gasteiger partial charge in [0.2, 0.25) is 0 Å². The number of fused-ring (bicyclic) bond motifs is 2. The lowest BCUT2D eigenvalue weighted by molar-refractivity contribution is 0.0954. The molecule has 0 fully saturated rings. The molecule has 0 atom stereocenters. The third kappa shape index (κ3) is 4.70. The number of pyridine rings is 1. The molecule has 0 bridgehead atoms. The summed E-state index contributed by atoms with van der Waals surface area (Å²) in [5.74, 6) is 1.43. The predicted molar refractivity (Wildman–Crippen MR) is 131 cm³/mol. The first kappa shape index (κ1) is 23.2. The van der Waals surface area contributed by atoms with Gasteiger partial charge in [0.25, 0.3) is 5.91 Å². The van der Waals surface area contributed by atoms with Gasteiger partial charge in [-0.15, -0.1) is 0 Å². The van der Waals surface area contributed by atoms with E-state index >= 15 is 0 Å². The van der Waals surface area contributed by atoms with E-state index in [1.165, 1.54) is 7.11 Å². The van der Waals surface area contributed by atoms with Crippen LogP contribution in [0, 0.1) is 0 Å². The van der Waals surface area contributed by atoms with E-state index in [1.54, 1.807) is 38.6 Å². The van der Waals surface area contributed by atoms with Crippen LogP contribution in [0.5, 0.6) is 17.2 Å². The molecule has 7 heteroatoms. The van der Waals surface area contributed by atoms with Gasteiger partial charge in [0.15, 0.2) is 5.78 Å². The van der Waals surface area contributed by atoms with Gasteiger partial charge in [-0.25, -0.2) is 0 Å². The highest BCUT2D eigenvalue weighted by atomic mass is 16.5. The fraction of sp³-hybridized carbons (Fsp3) is 0.222. The molecule has 0 spiro atoms. The van der Waals surface area contributed by atoms with Crippen molar-refractivity contribution >= 4 is 33.4 Å². The lowest BCUT2D eigenvalue weighted by Crippen LogP contribution is -2.18. The van der Waals surface area contributed by atoms with Crippen LogP contribution >= 0.6 is 0 Å². The van der Waals surface area contributed by atoms with Crippen LogP contribution in [0.15, 0.2) is 60.8 Å². The molecule has 0 saturated heterocycles. The van der Waals surface area contributed by atoms with Crippen molar-refractivity contribution in [2.75, 3.05) is 27.9 Å². The number of carbonyl (C=O) groups is 2. The summed E-state index contributed by atoms with van der Waals surface area (Å²) in [5.41, 5.74) is 1.73. The summed E-state index contributed by atoms with van der Waals surface area (Å²) in [4.78, 5) is 29.4. The molecule has 34 heavy (non-hydrogen) atoms. The minimum Gasteiger partial charge on any atom is -0.496 e. The van der Waals surface area contributed by atoms with Gasteiger partial charge in [0.1, 0.15) is 17.2 Å². The number of benzene rings is 3. The Morgan fingerprint density at radius 2 is 1.79 bits per heavy atom. The van der Waals surface area contributed by atoms with E-state index < -0.39 is 0 Å². The van der Waals surface area contributed by atoms with E-state index in [2.05, 4.69) is 10.3 Å². The maximum Gasteiger partial charge on any atom is 0.254 e. The first-order valence-electron chi connectivity index (χ1n) is 11.0. The van der Waals surface area contributed by atoms with Gasteiger partial charge in [0, 0.05) is 50.4 Å². The van der Waals surface area contributed by atoms with E-state index in [0.717, 1.165) is 10.8 Å². The lowest BCUT2D eigenvalue weighted by atomic mass is 9.99. The highest BCUT2D eigenvalue weighted by molar-refractivity contribution is 6.08. The van der Waals surface area contributed by atoms with Gasteiger partial charge in [-0.1, -0.05) is 18.2 Å². The number of nitrogens with zero attached hydrogens (tertiary/aromatic N) is 1. The Kier molecular flexibility index (Phi) is 7.04. The highest BCUT2D eigenvalue weighted by Gasteiger charge is 2.16. The number of aromatic nitrogens is 1. The van der Waals surface area contributed by atoms with Crippen molar-refractivity contribution in [2.45, 2.75) is 12.8 Å². The molecule has 1 N–H and O–H groups in total. The summed E-state index contributed by atoms with van der Waals surface area (Å²) < 4.78 is 16.6. The van der Waals surface area contributed by atoms with Crippen LogP contribution in [0.3, 0.4) is 0 Å². The third-order valence-corrected chi connectivity index (χ3v) is 5.63. The van der Waals surface area contributed by atoms with E-state index in [4.69, 9.17) is 14.2 Å². The van der Waals surface area contributed by atoms with Crippen molar-refractivity contribution in [3.8, 4) is 17.2 Å². The normalized spacial score (nSPS) is 10.9. The molecule has 3 aromatic carbocycles. The number of nitrogens with one attached hydrogen (secondary N) is 1.